The summed E-state index contributed by atoms with van der Waals surface area (Å²) >= 11 is 0. The van der Waals surface area contributed by atoms with Crippen LogP contribution in [0.4, 0.5) is 0 Å². The van der Waals surface area contributed by atoms with Gasteiger partial charge in [-0.25, -0.2) is 0 Å². The molecule has 7 heteroatoms. The van der Waals surface area contributed by atoms with Crippen LogP contribution < -0.4 is 10.1 Å². The Balaban J connectivity index is 1.37. The number of nitrogens with one attached hydrogen (secondary N) is 1. The highest BCUT2D eigenvalue weighted by Crippen LogP contribution is 2.56. The van der Waals surface area contributed by atoms with Crippen LogP contribution in [0.1, 0.15) is 103 Å². The number of ether oxygens (including phenoxy) is 2. The fourth-order valence-corrected chi connectivity index (χ4v) is 8.84. The number of carbonyl (C=O) groups is 3. The summed E-state index contributed by atoms with van der Waals surface area (Å²) in [6.45, 7) is 11.5. The van der Waals surface area contributed by atoms with Crippen molar-refractivity contribution in [3.63, 3.8) is 0 Å². The van der Waals surface area contributed by atoms with Crippen LogP contribution in [0.5, 0.6) is 5.75 Å². The zero-order valence-electron chi connectivity index (χ0n) is 28.5. The van der Waals surface area contributed by atoms with E-state index in [9.17, 15) is 14.4 Å². The van der Waals surface area contributed by atoms with E-state index in [1.54, 1.807) is 0 Å². The number of aryl methyl sites for hydroxylation is 1. The zero-order valence-corrected chi connectivity index (χ0v) is 28.5. The quantitative estimate of drug-likeness (QED) is 0.106. The Kier molecular flexibility index (Phi) is 10.9. The lowest BCUT2D eigenvalue weighted by Crippen LogP contribution is -2.74. The number of esters is 2. The van der Waals surface area contributed by atoms with Crippen molar-refractivity contribution in [1.29, 1.82) is 0 Å². The monoisotopic (exact) mass is 631 g/mol. The number of hydrogen-bond donors (Lipinski definition) is 1. The molecular weight excluding hydrogens is 576 g/mol. The first kappa shape index (κ1) is 34.2. The topological polar surface area (TPSA) is 81.7 Å². The van der Waals surface area contributed by atoms with Crippen LogP contribution in [0, 0.1) is 11.8 Å². The predicted octanol–water partition coefficient (Wildman–Crippen LogP) is 6.91. The number of quaternary nitrogens is 1. The van der Waals surface area contributed by atoms with Crippen molar-refractivity contribution >= 4 is 17.8 Å². The van der Waals surface area contributed by atoms with Gasteiger partial charge in [0.25, 0.3) is 0 Å². The molecule has 1 heterocycles. The van der Waals surface area contributed by atoms with E-state index in [1.165, 1.54) is 32.3 Å². The number of fused-ring (bicyclic) bond motifs is 1. The molecule has 4 atom stereocenters. The Hall–Kier alpha value is -3.19. The molecule has 46 heavy (non-hydrogen) atoms. The van der Waals surface area contributed by atoms with E-state index in [1.807, 2.05) is 24.3 Å². The Morgan fingerprint density at radius 1 is 0.935 bits per heavy atom. The molecule has 0 aromatic heterocycles. The molecule has 1 saturated heterocycles. The third-order valence-corrected chi connectivity index (χ3v) is 10.6. The summed E-state index contributed by atoms with van der Waals surface area (Å²) in [5, 5.41) is 3.40. The van der Waals surface area contributed by atoms with Gasteiger partial charge in [0.15, 0.2) is 5.60 Å². The minimum Gasteiger partial charge on any atom is -0.452 e. The van der Waals surface area contributed by atoms with Gasteiger partial charge in [-0.15, -0.1) is 0 Å². The normalized spacial score (nSPS) is 27.5. The third kappa shape index (κ3) is 8.39. The predicted molar refractivity (Wildman–Crippen MR) is 180 cm³/mol. The van der Waals surface area contributed by atoms with Crippen molar-refractivity contribution in [2.75, 3.05) is 26.2 Å². The Bertz CT molecular complexity index is 1350. The molecule has 1 aliphatic heterocycles. The molecule has 5 rings (SSSR count). The number of piperidine rings is 1. The number of benzene rings is 2. The van der Waals surface area contributed by atoms with Gasteiger partial charge in [-0.1, -0.05) is 62.7 Å². The summed E-state index contributed by atoms with van der Waals surface area (Å²) < 4.78 is 13.1. The Morgan fingerprint density at radius 3 is 2.41 bits per heavy atom. The van der Waals surface area contributed by atoms with Gasteiger partial charge in [0, 0.05) is 50.0 Å². The summed E-state index contributed by atoms with van der Waals surface area (Å²) in [5.74, 6) is 1.26. The molecule has 0 bridgehead atoms. The van der Waals surface area contributed by atoms with E-state index in [-0.39, 0.29) is 23.9 Å². The summed E-state index contributed by atoms with van der Waals surface area (Å²) in [7, 11) is 0. The lowest BCUT2D eigenvalue weighted by atomic mass is 9.54. The highest BCUT2D eigenvalue weighted by Gasteiger charge is 2.65. The van der Waals surface area contributed by atoms with Crippen molar-refractivity contribution in [3.05, 3.63) is 65.7 Å². The van der Waals surface area contributed by atoms with Crippen LogP contribution in [-0.2, 0) is 31.0 Å². The summed E-state index contributed by atoms with van der Waals surface area (Å²) in [6, 6.07) is 18.3. The molecular formula is C39H55N2O5+. The maximum absolute atomic E-state index is 13.3. The lowest BCUT2D eigenvalue weighted by molar-refractivity contribution is -0.945. The second-order valence-electron chi connectivity index (χ2n) is 15.0. The van der Waals surface area contributed by atoms with Crippen molar-refractivity contribution in [3.8, 4) is 5.75 Å². The van der Waals surface area contributed by atoms with E-state index < -0.39 is 11.0 Å². The van der Waals surface area contributed by atoms with Gasteiger partial charge in [0.05, 0.1) is 19.6 Å². The van der Waals surface area contributed by atoms with Gasteiger partial charge < -0.3 is 19.3 Å². The van der Waals surface area contributed by atoms with E-state index in [4.69, 9.17) is 9.47 Å². The van der Waals surface area contributed by atoms with Crippen LogP contribution in [0.15, 0.2) is 54.6 Å². The van der Waals surface area contributed by atoms with Crippen LogP contribution in [0.2, 0.25) is 0 Å². The van der Waals surface area contributed by atoms with Crippen molar-refractivity contribution < 1.29 is 28.3 Å². The largest absolute Gasteiger partial charge is 0.452 e. The first-order valence-electron chi connectivity index (χ1n) is 17.7. The number of nitrogens with zero attached hydrogens (tertiary/aromatic N) is 1. The summed E-state index contributed by atoms with van der Waals surface area (Å²) in [5.41, 5.74) is 1.15. The molecule has 0 spiro atoms. The van der Waals surface area contributed by atoms with Crippen molar-refractivity contribution in [2.45, 2.75) is 115 Å². The Labute approximate surface area is 276 Å². The SMILES string of the molecule is CC(=O)Oc1cccc([C@]23CC[N@+](CC(C)C)(CC4CC4)CC2(OC(C)=O)CC[C@@H](NC(=O)CCCCCc2ccccc2)C3)c1. The van der Waals surface area contributed by atoms with E-state index >= 15 is 0 Å². The number of hydrogen-bond acceptors (Lipinski definition) is 5. The first-order chi connectivity index (χ1) is 22.0. The zero-order chi connectivity index (χ0) is 32.8. The van der Waals surface area contributed by atoms with Gasteiger partial charge in [-0.2, -0.15) is 0 Å². The van der Waals surface area contributed by atoms with Crippen molar-refractivity contribution in [2.24, 2.45) is 11.8 Å². The number of unbranched alkanes of at least 4 members (excludes halogenated alkanes) is 2. The molecule has 7 nitrogen and oxygen atoms in total. The van der Waals surface area contributed by atoms with E-state index in [0.717, 1.165) is 80.7 Å². The Morgan fingerprint density at radius 2 is 1.72 bits per heavy atom. The summed E-state index contributed by atoms with van der Waals surface area (Å²) in [6.07, 6.45) is 10.1. The average molecular weight is 632 g/mol. The number of amides is 1. The molecule has 3 fully saturated rings. The number of likely N-dealkylation sites (tertiary alicyclic amines) is 1. The van der Waals surface area contributed by atoms with Crippen molar-refractivity contribution in [1.82, 2.24) is 5.32 Å². The molecule has 0 radical (unpaired) electrons. The molecule has 250 valence electrons. The molecule has 2 aliphatic carbocycles. The maximum Gasteiger partial charge on any atom is 0.308 e. The van der Waals surface area contributed by atoms with E-state index in [2.05, 4.69) is 49.5 Å². The van der Waals surface area contributed by atoms with Gasteiger partial charge in [-0.05, 0) is 74.6 Å². The van der Waals surface area contributed by atoms with Crippen LogP contribution in [0.3, 0.4) is 0 Å². The number of carbonyl (C=O) groups excluding carboxylic acids is 3. The number of rotatable bonds is 14. The van der Waals surface area contributed by atoms with Gasteiger partial charge >= 0.3 is 11.9 Å². The molecule has 3 aliphatic rings. The molecule has 2 aromatic rings. The lowest BCUT2D eigenvalue weighted by Gasteiger charge is -2.62. The van der Waals surface area contributed by atoms with Crippen LogP contribution in [0.25, 0.3) is 0 Å². The van der Waals surface area contributed by atoms with E-state index in [0.29, 0.717) is 30.9 Å². The standard InChI is InChI=1S/C39H54N2O5/c1-29(2)26-41(27-33-18-19-33)23-22-38(34-15-11-16-36(24-34)45-30(3)42)25-35(20-21-39(38,28-41)46-31(4)43)40-37(44)17-10-6-9-14-32-12-7-5-8-13-32/h5,7-8,11-13,15-16,24,29,33,35H,6,9-10,14,17-23,25-28H2,1-4H3/p+1/t35-,38-,39?,41+/m1/s1. The first-order valence-corrected chi connectivity index (χ1v) is 17.7. The molecule has 1 amide bonds. The van der Waals surface area contributed by atoms with Gasteiger partial charge in [0.2, 0.25) is 5.91 Å². The van der Waals surface area contributed by atoms with Gasteiger partial charge in [-0.3, -0.25) is 14.4 Å². The average Bonchev–Trinajstić information content (AvgIpc) is 3.80. The minimum absolute atomic E-state index is 0.0218. The smallest absolute Gasteiger partial charge is 0.308 e. The van der Waals surface area contributed by atoms with Crippen LogP contribution in [-0.4, -0.2) is 60.2 Å². The second kappa shape index (κ2) is 14.7. The maximum atomic E-state index is 13.3. The molecule has 2 saturated carbocycles. The molecule has 2 aromatic carbocycles. The summed E-state index contributed by atoms with van der Waals surface area (Å²) in [4.78, 5) is 38.2. The highest BCUT2D eigenvalue weighted by atomic mass is 16.6. The molecule has 1 unspecified atom stereocenters. The fraction of sp³-hybridized carbons (Fsp3) is 0.615. The fourth-order valence-electron chi connectivity index (χ4n) is 8.84. The highest BCUT2D eigenvalue weighted by molar-refractivity contribution is 5.76. The molecule has 1 N–H and O–H groups in total. The third-order valence-electron chi connectivity index (χ3n) is 10.6. The van der Waals surface area contributed by atoms with Gasteiger partial charge in [0.1, 0.15) is 12.3 Å². The van der Waals surface area contributed by atoms with Crippen LogP contribution >= 0.6 is 0 Å². The minimum atomic E-state index is -0.714. The second-order valence-corrected chi connectivity index (χ2v) is 15.0.